The molecule has 0 aliphatic heterocycles. The van der Waals surface area contributed by atoms with Crippen molar-refractivity contribution < 1.29 is 18.9 Å². The summed E-state index contributed by atoms with van der Waals surface area (Å²) in [4.78, 5) is 5.52. The zero-order valence-electron chi connectivity index (χ0n) is 15.3. The second-order valence-corrected chi connectivity index (χ2v) is 6.02. The minimum absolute atomic E-state index is 0.581. The van der Waals surface area contributed by atoms with Crippen LogP contribution in [-0.2, 0) is 0 Å². The molecule has 3 rings (SSSR count). The molecule has 0 radical (unpaired) electrons. The lowest BCUT2D eigenvalue weighted by Gasteiger charge is -2.13. The van der Waals surface area contributed by atoms with Crippen molar-refractivity contribution in [1.82, 2.24) is 9.88 Å². The molecule has 0 fully saturated rings. The van der Waals surface area contributed by atoms with Gasteiger partial charge in [-0.25, -0.2) is 0 Å². The number of rotatable bonds is 7. The van der Waals surface area contributed by atoms with Crippen LogP contribution in [0.3, 0.4) is 0 Å². The Kier molecular flexibility index (Phi) is 4.90. The number of hydrogen-bond donors (Lipinski definition) is 1. The number of aromatic nitrogens is 1. The van der Waals surface area contributed by atoms with Crippen molar-refractivity contribution in [2.45, 2.75) is 0 Å². The molecule has 1 heterocycles. The van der Waals surface area contributed by atoms with Crippen LogP contribution in [0.4, 0.5) is 0 Å². The van der Waals surface area contributed by atoms with E-state index in [0.29, 0.717) is 23.9 Å². The van der Waals surface area contributed by atoms with Gasteiger partial charge in [-0.15, -0.1) is 0 Å². The van der Waals surface area contributed by atoms with Crippen LogP contribution in [0.1, 0.15) is 0 Å². The van der Waals surface area contributed by atoms with Crippen molar-refractivity contribution in [3.05, 3.63) is 24.3 Å². The number of hydrogen-bond acceptors (Lipinski definition) is 5. The summed E-state index contributed by atoms with van der Waals surface area (Å²) in [6, 6.07) is 7.91. The molecule has 0 saturated heterocycles. The third kappa shape index (κ3) is 3.05. The first kappa shape index (κ1) is 17.2. The van der Waals surface area contributed by atoms with Gasteiger partial charge < -0.3 is 28.8 Å². The second kappa shape index (κ2) is 7.11. The Morgan fingerprint density at radius 3 is 2.36 bits per heavy atom. The Morgan fingerprint density at radius 1 is 0.960 bits per heavy atom. The van der Waals surface area contributed by atoms with Crippen molar-refractivity contribution in [3.63, 3.8) is 0 Å². The molecule has 6 nitrogen and oxygen atoms in total. The van der Waals surface area contributed by atoms with Gasteiger partial charge in [0.05, 0.1) is 37.7 Å². The highest BCUT2D eigenvalue weighted by Gasteiger charge is 2.20. The van der Waals surface area contributed by atoms with E-state index in [1.54, 1.807) is 21.3 Å². The van der Waals surface area contributed by atoms with E-state index < -0.39 is 0 Å². The van der Waals surface area contributed by atoms with Crippen molar-refractivity contribution in [2.75, 3.05) is 48.6 Å². The molecule has 0 saturated carbocycles. The van der Waals surface area contributed by atoms with Gasteiger partial charge in [-0.2, -0.15) is 0 Å². The summed E-state index contributed by atoms with van der Waals surface area (Å²) >= 11 is 0. The molecule has 0 bridgehead atoms. The zero-order valence-corrected chi connectivity index (χ0v) is 15.3. The van der Waals surface area contributed by atoms with Crippen molar-refractivity contribution in [2.24, 2.45) is 0 Å². The lowest BCUT2D eigenvalue weighted by atomic mass is 10.1. The van der Waals surface area contributed by atoms with Gasteiger partial charge in [0.25, 0.3) is 0 Å². The molecule has 0 atom stereocenters. The molecule has 134 valence electrons. The fourth-order valence-corrected chi connectivity index (χ4v) is 2.98. The number of likely N-dealkylation sites (N-methyl/N-ethyl adjacent to an activating group) is 1. The van der Waals surface area contributed by atoms with Crippen LogP contribution in [0.15, 0.2) is 24.3 Å². The Hall–Kier alpha value is -2.60. The Bertz CT molecular complexity index is 886. The summed E-state index contributed by atoms with van der Waals surface area (Å²) < 4.78 is 22.6. The Morgan fingerprint density at radius 2 is 1.72 bits per heavy atom. The minimum atomic E-state index is 0.581. The van der Waals surface area contributed by atoms with Crippen LogP contribution >= 0.6 is 0 Å². The van der Waals surface area contributed by atoms with Crippen LogP contribution in [0.2, 0.25) is 0 Å². The van der Waals surface area contributed by atoms with E-state index >= 15 is 0 Å². The predicted octanol–water partition coefficient (Wildman–Crippen LogP) is 3.29. The van der Waals surface area contributed by atoms with Gasteiger partial charge in [0, 0.05) is 18.0 Å². The summed E-state index contributed by atoms with van der Waals surface area (Å²) in [5, 5.41) is 1.98. The van der Waals surface area contributed by atoms with Crippen molar-refractivity contribution in [3.8, 4) is 23.0 Å². The number of nitrogens with one attached hydrogen (secondary N) is 1. The van der Waals surface area contributed by atoms with Gasteiger partial charge in [0.1, 0.15) is 12.4 Å². The van der Waals surface area contributed by atoms with E-state index in [9.17, 15) is 0 Å². The Labute approximate surface area is 147 Å². The molecular weight excluding hydrogens is 320 g/mol. The van der Waals surface area contributed by atoms with Crippen LogP contribution < -0.4 is 18.9 Å². The van der Waals surface area contributed by atoms with Crippen molar-refractivity contribution >= 4 is 21.8 Å². The molecule has 0 unspecified atom stereocenters. The Balaban J connectivity index is 2.19. The maximum atomic E-state index is 5.97. The standard InChI is InChI=1S/C19H24N2O4/c1-21(2)9-10-25-14-8-6-7-12-16-13(20-17(12)14)11-15(22-3)18(23-4)19(16)24-5/h6-8,11,20H,9-10H2,1-5H3. The summed E-state index contributed by atoms with van der Waals surface area (Å²) in [6.07, 6.45) is 0. The molecule has 3 aromatic rings. The van der Waals surface area contributed by atoms with Gasteiger partial charge in [-0.05, 0) is 20.2 Å². The summed E-state index contributed by atoms with van der Waals surface area (Å²) in [5.41, 5.74) is 1.85. The van der Waals surface area contributed by atoms with Crippen LogP contribution in [0.5, 0.6) is 23.0 Å². The molecule has 25 heavy (non-hydrogen) atoms. The van der Waals surface area contributed by atoms with E-state index in [1.165, 1.54) is 0 Å². The molecular formula is C19H24N2O4. The normalized spacial score (nSPS) is 11.3. The molecule has 1 N–H and O–H groups in total. The van der Waals surface area contributed by atoms with Gasteiger partial charge in [0.2, 0.25) is 5.75 Å². The highest BCUT2D eigenvalue weighted by Crippen LogP contribution is 2.46. The number of benzene rings is 2. The SMILES string of the molecule is COc1cc2[nH]c3c(OCCN(C)C)cccc3c2c(OC)c1OC. The molecule has 0 amide bonds. The van der Waals surface area contributed by atoms with Gasteiger partial charge in [0.15, 0.2) is 11.5 Å². The largest absolute Gasteiger partial charge is 0.493 e. The summed E-state index contributed by atoms with van der Waals surface area (Å²) in [5.74, 6) is 2.66. The topological polar surface area (TPSA) is 56.0 Å². The van der Waals surface area contributed by atoms with E-state index in [4.69, 9.17) is 18.9 Å². The zero-order chi connectivity index (χ0) is 18.0. The maximum Gasteiger partial charge on any atom is 0.204 e. The predicted molar refractivity (Wildman–Crippen MR) is 99.5 cm³/mol. The molecule has 0 aliphatic rings. The van der Waals surface area contributed by atoms with E-state index in [2.05, 4.69) is 9.88 Å². The lowest BCUT2D eigenvalue weighted by Crippen LogP contribution is -2.19. The van der Waals surface area contributed by atoms with Gasteiger partial charge in [-0.3, -0.25) is 0 Å². The van der Waals surface area contributed by atoms with E-state index in [0.717, 1.165) is 34.1 Å². The monoisotopic (exact) mass is 344 g/mol. The molecule has 0 aliphatic carbocycles. The third-order valence-corrected chi connectivity index (χ3v) is 4.18. The quantitative estimate of drug-likeness (QED) is 0.713. The highest BCUT2D eigenvalue weighted by molar-refractivity contribution is 6.13. The first-order valence-electron chi connectivity index (χ1n) is 8.11. The van der Waals surface area contributed by atoms with Crippen molar-refractivity contribution in [1.29, 1.82) is 0 Å². The van der Waals surface area contributed by atoms with Crippen LogP contribution in [-0.4, -0.2) is 58.5 Å². The number of H-pyrrole nitrogens is 1. The van der Waals surface area contributed by atoms with Crippen LogP contribution in [0, 0.1) is 0 Å². The minimum Gasteiger partial charge on any atom is -0.493 e. The van der Waals surface area contributed by atoms with E-state index in [1.807, 2.05) is 38.4 Å². The number of nitrogens with zero attached hydrogens (tertiary/aromatic N) is 1. The maximum absolute atomic E-state index is 5.97. The summed E-state index contributed by atoms with van der Waals surface area (Å²) in [7, 11) is 8.90. The number of methoxy groups -OCH3 is 3. The average Bonchev–Trinajstić information content (AvgIpc) is 2.98. The molecule has 0 spiro atoms. The average molecular weight is 344 g/mol. The van der Waals surface area contributed by atoms with Gasteiger partial charge >= 0.3 is 0 Å². The second-order valence-electron chi connectivity index (χ2n) is 6.02. The fourth-order valence-electron chi connectivity index (χ4n) is 2.98. The molecule has 2 aromatic carbocycles. The van der Waals surface area contributed by atoms with Crippen LogP contribution in [0.25, 0.3) is 21.8 Å². The lowest BCUT2D eigenvalue weighted by molar-refractivity contribution is 0.263. The first-order valence-corrected chi connectivity index (χ1v) is 8.11. The number of ether oxygens (including phenoxy) is 4. The molecule has 1 aromatic heterocycles. The highest BCUT2D eigenvalue weighted by atomic mass is 16.5. The fraction of sp³-hybridized carbons (Fsp3) is 0.368. The van der Waals surface area contributed by atoms with E-state index in [-0.39, 0.29) is 0 Å². The summed E-state index contributed by atoms with van der Waals surface area (Å²) in [6.45, 7) is 1.47. The van der Waals surface area contributed by atoms with Gasteiger partial charge in [-0.1, -0.05) is 12.1 Å². The first-order chi connectivity index (χ1) is 12.1. The third-order valence-electron chi connectivity index (χ3n) is 4.18. The molecule has 6 heteroatoms. The smallest absolute Gasteiger partial charge is 0.204 e. The number of fused-ring (bicyclic) bond motifs is 3. The number of aromatic amines is 1. The number of para-hydroxylation sites is 1.